The molecule has 1 aliphatic heterocycles. The van der Waals surface area contributed by atoms with Crippen LogP contribution in [-0.2, 0) is 9.59 Å². The summed E-state index contributed by atoms with van der Waals surface area (Å²) in [7, 11) is 0. The van der Waals surface area contributed by atoms with E-state index in [9.17, 15) is 14.7 Å². The average Bonchev–Trinajstić information content (AvgIpc) is 2.50. The highest BCUT2D eigenvalue weighted by Gasteiger charge is 2.33. The third-order valence-corrected chi connectivity index (χ3v) is 4.99. The molecule has 5 nitrogen and oxygen atoms in total. The highest BCUT2D eigenvalue weighted by atomic mass is 35.5. The Hall–Kier alpha value is -1.30. The zero-order valence-corrected chi connectivity index (χ0v) is 14.6. The maximum atomic E-state index is 12.5. The van der Waals surface area contributed by atoms with E-state index in [4.69, 9.17) is 23.2 Å². The van der Waals surface area contributed by atoms with Gasteiger partial charge in [0.15, 0.2) is 0 Å². The van der Waals surface area contributed by atoms with Gasteiger partial charge in [-0.2, -0.15) is 0 Å². The highest BCUT2D eigenvalue weighted by Crippen LogP contribution is 2.30. The van der Waals surface area contributed by atoms with Crippen molar-refractivity contribution >= 4 is 40.8 Å². The summed E-state index contributed by atoms with van der Waals surface area (Å²) in [4.78, 5) is 25.6. The largest absolute Gasteiger partial charge is 0.481 e. The molecule has 23 heavy (non-hydrogen) atoms. The van der Waals surface area contributed by atoms with Crippen LogP contribution in [-0.4, -0.2) is 41.0 Å². The van der Waals surface area contributed by atoms with Gasteiger partial charge in [-0.1, -0.05) is 36.2 Å². The Labute approximate surface area is 145 Å². The lowest BCUT2D eigenvalue weighted by Crippen LogP contribution is -2.50. The third-order valence-electron chi connectivity index (χ3n) is 4.17. The van der Waals surface area contributed by atoms with Crippen LogP contribution in [0.2, 0.25) is 10.0 Å². The molecule has 126 valence electrons. The van der Waals surface area contributed by atoms with Crippen molar-refractivity contribution in [1.82, 2.24) is 4.90 Å². The van der Waals surface area contributed by atoms with Gasteiger partial charge in [-0.3, -0.25) is 14.5 Å². The number of nitrogens with zero attached hydrogens (tertiary/aromatic N) is 1. The lowest BCUT2D eigenvalue weighted by Gasteiger charge is -2.37. The summed E-state index contributed by atoms with van der Waals surface area (Å²) in [5.74, 6) is -1.25. The van der Waals surface area contributed by atoms with Crippen LogP contribution >= 0.6 is 23.2 Å². The van der Waals surface area contributed by atoms with Crippen LogP contribution in [0, 0.1) is 11.8 Å². The SMILES string of the molecule is CC1CC(C(=O)O)CN(C(C)C(=O)Nc2cccc(Cl)c2Cl)C1. The Bertz CT molecular complexity index is 609. The van der Waals surface area contributed by atoms with Crippen LogP contribution in [0.15, 0.2) is 18.2 Å². The fourth-order valence-electron chi connectivity index (χ4n) is 2.89. The van der Waals surface area contributed by atoms with E-state index in [0.717, 1.165) is 0 Å². The molecule has 2 N–H and O–H groups in total. The van der Waals surface area contributed by atoms with E-state index in [1.54, 1.807) is 25.1 Å². The number of carbonyl (C=O) groups is 2. The molecule has 1 aromatic rings. The van der Waals surface area contributed by atoms with Gasteiger partial charge in [-0.25, -0.2) is 0 Å². The second-order valence-electron chi connectivity index (χ2n) is 6.10. The third kappa shape index (κ3) is 4.37. The van der Waals surface area contributed by atoms with E-state index in [0.29, 0.717) is 35.2 Å². The number of carboxylic acids is 1. The normalized spacial score (nSPS) is 23.3. The van der Waals surface area contributed by atoms with Crippen molar-refractivity contribution in [2.24, 2.45) is 11.8 Å². The van der Waals surface area contributed by atoms with Crippen LogP contribution < -0.4 is 5.32 Å². The van der Waals surface area contributed by atoms with Crippen molar-refractivity contribution in [1.29, 1.82) is 0 Å². The maximum absolute atomic E-state index is 12.5. The number of benzene rings is 1. The van der Waals surface area contributed by atoms with Crippen molar-refractivity contribution < 1.29 is 14.7 Å². The Morgan fingerprint density at radius 2 is 2.04 bits per heavy atom. The number of likely N-dealkylation sites (tertiary alicyclic amines) is 1. The molecule has 1 saturated heterocycles. The number of rotatable bonds is 4. The summed E-state index contributed by atoms with van der Waals surface area (Å²) in [6.45, 7) is 4.84. The fraction of sp³-hybridized carbons (Fsp3) is 0.500. The van der Waals surface area contributed by atoms with Crippen LogP contribution in [0.1, 0.15) is 20.3 Å². The zero-order chi connectivity index (χ0) is 17.1. The Morgan fingerprint density at radius 1 is 1.35 bits per heavy atom. The van der Waals surface area contributed by atoms with Crippen molar-refractivity contribution in [3.63, 3.8) is 0 Å². The summed E-state index contributed by atoms with van der Waals surface area (Å²) in [5, 5.41) is 12.7. The predicted octanol–water partition coefficient (Wildman–Crippen LogP) is 3.36. The van der Waals surface area contributed by atoms with Gasteiger partial charge in [-0.15, -0.1) is 0 Å². The first-order chi connectivity index (χ1) is 10.8. The number of carboxylic acid groups (broad SMARTS) is 1. The number of anilines is 1. The van der Waals surface area contributed by atoms with Gasteiger partial charge in [0.2, 0.25) is 5.91 Å². The standard InChI is InChI=1S/C16H20Cl2N2O3/c1-9-6-11(16(22)23)8-20(7-9)10(2)15(21)19-13-5-3-4-12(17)14(13)18/h3-5,9-11H,6-8H2,1-2H3,(H,19,21)(H,22,23). The monoisotopic (exact) mass is 358 g/mol. The second-order valence-corrected chi connectivity index (χ2v) is 6.88. The molecule has 0 aliphatic carbocycles. The number of aliphatic carboxylic acids is 1. The molecule has 2 rings (SSSR count). The summed E-state index contributed by atoms with van der Waals surface area (Å²) in [6.07, 6.45) is 0.639. The number of amides is 1. The smallest absolute Gasteiger partial charge is 0.307 e. The topological polar surface area (TPSA) is 69.6 Å². The van der Waals surface area contributed by atoms with Crippen LogP contribution in [0.25, 0.3) is 0 Å². The van der Waals surface area contributed by atoms with E-state index in [-0.39, 0.29) is 11.8 Å². The van der Waals surface area contributed by atoms with Crippen molar-refractivity contribution in [3.8, 4) is 0 Å². The van der Waals surface area contributed by atoms with E-state index >= 15 is 0 Å². The molecular formula is C16H20Cl2N2O3. The minimum atomic E-state index is -0.813. The number of piperidine rings is 1. The van der Waals surface area contributed by atoms with Gasteiger partial charge >= 0.3 is 5.97 Å². The van der Waals surface area contributed by atoms with Gasteiger partial charge in [0.25, 0.3) is 0 Å². The van der Waals surface area contributed by atoms with Crippen molar-refractivity contribution in [3.05, 3.63) is 28.2 Å². The molecule has 0 saturated carbocycles. The number of hydrogen-bond donors (Lipinski definition) is 2. The minimum Gasteiger partial charge on any atom is -0.481 e. The zero-order valence-electron chi connectivity index (χ0n) is 13.1. The Kier molecular flexibility index (Phi) is 5.89. The minimum absolute atomic E-state index is 0.229. The summed E-state index contributed by atoms with van der Waals surface area (Å²) in [6, 6.07) is 4.58. The molecule has 7 heteroatoms. The maximum Gasteiger partial charge on any atom is 0.307 e. The van der Waals surface area contributed by atoms with Crippen LogP contribution in [0.3, 0.4) is 0 Å². The van der Waals surface area contributed by atoms with Gasteiger partial charge in [0, 0.05) is 13.1 Å². The van der Waals surface area contributed by atoms with Gasteiger partial charge < -0.3 is 10.4 Å². The predicted molar refractivity (Wildman–Crippen MR) is 91.0 cm³/mol. The quantitative estimate of drug-likeness (QED) is 0.865. The van der Waals surface area contributed by atoms with Crippen molar-refractivity contribution in [2.45, 2.75) is 26.3 Å². The fourth-order valence-corrected chi connectivity index (χ4v) is 3.24. The van der Waals surface area contributed by atoms with E-state index in [1.807, 2.05) is 11.8 Å². The number of nitrogens with one attached hydrogen (secondary N) is 1. The summed E-state index contributed by atoms with van der Waals surface area (Å²) < 4.78 is 0. The molecule has 0 bridgehead atoms. The molecule has 1 fully saturated rings. The Morgan fingerprint density at radius 3 is 2.70 bits per heavy atom. The number of halogens is 2. The number of carbonyl (C=O) groups excluding carboxylic acids is 1. The molecule has 3 unspecified atom stereocenters. The van der Waals surface area contributed by atoms with Gasteiger partial charge in [-0.05, 0) is 31.4 Å². The highest BCUT2D eigenvalue weighted by molar-refractivity contribution is 6.44. The first kappa shape index (κ1) is 18.0. The first-order valence-corrected chi connectivity index (χ1v) is 8.27. The van der Waals surface area contributed by atoms with E-state index in [2.05, 4.69) is 5.32 Å². The molecule has 1 aliphatic rings. The molecule has 3 atom stereocenters. The molecule has 0 aromatic heterocycles. The van der Waals surface area contributed by atoms with Crippen LogP contribution in [0.4, 0.5) is 5.69 Å². The molecule has 0 spiro atoms. The molecule has 1 amide bonds. The lowest BCUT2D eigenvalue weighted by molar-refractivity contribution is -0.145. The van der Waals surface area contributed by atoms with Crippen molar-refractivity contribution in [2.75, 3.05) is 18.4 Å². The van der Waals surface area contributed by atoms with Gasteiger partial charge in [0.1, 0.15) is 0 Å². The first-order valence-electron chi connectivity index (χ1n) is 7.51. The van der Waals surface area contributed by atoms with E-state index in [1.165, 1.54) is 0 Å². The molecule has 0 radical (unpaired) electrons. The molecular weight excluding hydrogens is 339 g/mol. The summed E-state index contributed by atoms with van der Waals surface area (Å²) in [5.41, 5.74) is 0.454. The molecule has 1 aromatic carbocycles. The summed E-state index contributed by atoms with van der Waals surface area (Å²) >= 11 is 12.0. The van der Waals surface area contributed by atoms with Crippen LogP contribution in [0.5, 0.6) is 0 Å². The molecule has 1 heterocycles. The second kappa shape index (κ2) is 7.51. The Balaban J connectivity index is 2.07. The number of hydrogen-bond acceptors (Lipinski definition) is 3. The van der Waals surface area contributed by atoms with Gasteiger partial charge in [0.05, 0.1) is 27.7 Å². The van der Waals surface area contributed by atoms with E-state index < -0.39 is 17.9 Å². The average molecular weight is 359 g/mol. The lowest BCUT2D eigenvalue weighted by atomic mass is 9.89.